The Morgan fingerprint density at radius 3 is 3.05 bits per heavy atom. The number of benzene rings is 1. The molecular weight excluding hydrogens is 290 g/mol. The van der Waals surface area contributed by atoms with Crippen LogP contribution in [0.1, 0.15) is 5.56 Å². The molecular formula is C15H14ClN3O2. The van der Waals surface area contributed by atoms with E-state index in [4.69, 9.17) is 16.3 Å². The summed E-state index contributed by atoms with van der Waals surface area (Å²) in [5.74, 6) is 0.410. The molecule has 2 N–H and O–H groups in total. The molecule has 6 heteroatoms. The minimum absolute atomic E-state index is 0.255. The van der Waals surface area contributed by atoms with Crippen LogP contribution < -0.4 is 15.4 Å². The Labute approximate surface area is 127 Å². The lowest BCUT2D eigenvalue weighted by atomic mass is 10.2. The van der Waals surface area contributed by atoms with Gasteiger partial charge in [0.25, 0.3) is 5.91 Å². The quantitative estimate of drug-likeness (QED) is 0.837. The molecule has 1 unspecified atom stereocenters. The fourth-order valence-electron chi connectivity index (χ4n) is 2.14. The number of carbonyl (C=O) groups excluding carboxylic acids is 1. The molecule has 3 rings (SSSR count). The fourth-order valence-corrected chi connectivity index (χ4v) is 2.39. The van der Waals surface area contributed by atoms with E-state index in [0.717, 1.165) is 11.3 Å². The Morgan fingerprint density at radius 1 is 1.43 bits per heavy atom. The molecule has 1 atom stereocenters. The van der Waals surface area contributed by atoms with Gasteiger partial charge in [-0.05, 0) is 30.7 Å². The zero-order valence-corrected chi connectivity index (χ0v) is 12.1. The Morgan fingerprint density at radius 2 is 2.24 bits per heavy atom. The average molecular weight is 304 g/mol. The van der Waals surface area contributed by atoms with E-state index in [0.29, 0.717) is 18.0 Å². The number of fused-ring (bicyclic) bond motifs is 1. The van der Waals surface area contributed by atoms with Crippen LogP contribution in [0.2, 0.25) is 5.15 Å². The summed E-state index contributed by atoms with van der Waals surface area (Å²) in [4.78, 5) is 16.3. The second-order valence-corrected chi connectivity index (χ2v) is 5.12. The van der Waals surface area contributed by atoms with Crippen molar-refractivity contribution in [1.82, 2.24) is 4.98 Å². The third-order valence-electron chi connectivity index (χ3n) is 3.29. The van der Waals surface area contributed by atoms with Crippen LogP contribution in [0.25, 0.3) is 0 Å². The number of para-hydroxylation sites is 2. The maximum atomic E-state index is 12.3. The van der Waals surface area contributed by atoms with E-state index in [1.54, 1.807) is 12.3 Å². The van der Waals surface area contributed by atoms with Crippen molar-refractivity contribution in [2.75, 3.05) is 17.2 Å². The highest BCUT2D eigenvalue weighted by Gasteiger charge is 2.26. The van der Waals surface area contributed by atoms with Gasteiger partial charge in [0.15, 0.2) is 11.3 Å². The van der Waals surface area contributed by atoms with E-state index in [1.807, 2.05) is 31.2 Å². The van der Waals surface area contributed by atoms with Crippen molar-refractivity contribution < 1.29 is 9.53 Å². The third kappa shape index (κ3) is 2.78. The number of aryl methyl sites for hydroxylation is 1. The summed E-state index contributed by atoms with van der Waals surface area (Å²) < 4.78 is 5.71. The number of carbonyl (C=O) groups is 1. The number of aromatic nitrogens is 1. The summed E-state index contributed by atoms with van der Waals surface area (Å²) in [5, 5.41) is 6.23. The number of hydrogen-bond donors (Lipinski definition) is 2. The van der Waals surface area contributed by atoms with Crippen LogP contribution in [0.3, 0.4) is 0 Å². The number of hydrogen-bond acceptors (Lipinski definition) is 4. The zero-order valence-electron chi connectivity index (χ0n) is 11.4. The third-order valence-corrected chi connectivity index (χ3v) is 3.57. The number of pyridine rings is 1. The average Bonchev–Trinajstić information content (AvgIpc) is 2.50. The second-order valence-electron chi connectivity index (χ2n) is 4.77. The largest absolute Gasteiger partial charge is 0.477 e. The first-order valence-electron chi connectivity index (χ1n) is 6.56. The van der Waals surface area contributed by atoms with Crippen LogP contribution >= 0.6 is 11.6 Å². The van der Waals surface area contributed by atoms with Gasteiger partial charge in [-0.3, -0.25) is 4.79 Å². The molecule has 2 heterocycles. The number of rotatable bonds is 2. The molecule has 5 nitrogen and oxygen atoms in total. The Balaban J connectivity index is 1.76. The maximum Gasteiger partial charge on any atom is 0.267 e. The van der Waals surface area contributed by atoms with Gasteiger partial charge in [-0.1, -0.05) is 23.7 Å². The molecule has 1 amide bonds. The number of nitrogens with zero attached hydrogens (tertiary/aromatic N) is 1. The van der Waals surface area contributed by atoms with E-state index < -0.39 is 6.10 Å². The van der Waals surface area contributed by atoms with Gasteiger partial charge in [-0.2, -0.15) is 0 Å². The van der Waals surface area contributed by atoms with Crippen LogP contribution in [0.15, 0.2) is 36.5 Å². The number of anilines is 2. The highest BCUT2D eigenvalue weighted by molar-refractivity contribution is 6.32. The molecule has 0 radical (unpaired) electrons. The van der Waals surface area contributed by atoms with Crippen LogP contribution in [-0.2, 0) is 4.79 Å². The van der Waals surface area contributed by atoms with Crippen LogP contribution in [-0.4, -0.2) is 23.5 Å². The number of amides is 1. The van der Waals surface area contributed by atoms with E-state index in [-0.39, 0.29) is 11.1 Å². The topological polar surface area (TPSA) is 63.2 Å². The lowest BCUT2D eigenvalue weighted by Gasteiger charge is -2.26. The maximum absolute atomic E-state index is 12.3. The summed E-state index contributed by atoms with van der Waals surface area (Å²) in [6, 6.07) is 9.30. The van der Waals surface area contributed by atoms with Gasteiger partial charge in [0, 0.05) is 6.20 Å². The highest BCUT2D eigenvalue weighted by Crippen LogP contribution is 2.29. The number of ether oxygens (including phenoxy) is 1. The van der Waals surface area contributed by atoms with Crippen molar-refractivity contribution in [2.24, 2.45) is 0 Å². The fraction of sp³-hybridized carbons (Fsp3) is 0.200. The van der Waals surface area contributed by atoms with E-state index in [2.05, 4.69) is 15.6 Å². The molecule has 0 aliphatic carbocycles. The molecule has 0 saturated carbocycles. The molecule has 108 valence electrons. The number of nitrogens with one attached hydrogen (secondary N) is 2. The molecule has 1 aliphatic rings. The zero-order chi connectivity index (χ0) is 14.8. The minimum Gasteiger partial charge on any atom is -0.477 e. The van der Waals surface area contributed by atoms with Gasteiger partial charge in [-0.25, -0.2) is 4.98 Å². The molecule has 0 bridgehead atoms. The van der Waals surface area contributed by atoms with Crippen molar-refractivity contribution in [3.63, 3.8) is 0 Å². The van der Waals surface area contributed by atoms with Gasteiger partial charge in [0.2, 0.25) is 0 Å². The predicted molar refractivity (Wildman–Crippen MR) is 82.0 cm³/mol. The predicted octanol–water partition coefficient (Wildman–Crippen LogP) is 2.86. The Bertz CT molecular complexity index is 670. The molecule has 0 fully saturated rings. The summed E-state index contributed by atoms with van der Waals surface area (Å²) in [5.41, 5.74) is 2.26. The first kappa shape index (κ1) is 13.7. The normalized spacial score (nSPS) is 16.4. The van der Waals surface area contributed by atoms with Gasteiger partial charge in [-0.15, -0.1) is 0 Å². The molecule has 1 aliphatic heterocycles. The standard InChI is InChI=1S/C15H14ClN3O2/c1-9-6-7-17-14(16)13(9)19-15(20)12-8-18-10-4-2-3-5-11(10)21-12/h2-7,12,18H,8H2,1H3,(H,19,20). The molecule has 1 aromatic carbocycles. The van der Waals surface area contributed by atoms with Gasteiger partial charge in [0.05, 0.1) is 17.9 Å². The lowest BCUT2D eigenvalue weighted by Crippen LogP contribution is -2.41. The molecule has 0 saturated heterocycles. The van der Waals surface area contributed by atoms with Gasteiger partial charge >= 0.3 is 0 Å². The second kappa shape index (κ2) is 5.61. The van der Waals surface area contributed by atoms with E-state index in [1.165, 1.54) is 0 Å². The van der Waals surface area contributed by atoms with Crippen molar-refractivity contribution in [3.05, 3.63) is 47.2 Å². The van der Waals surface area contributed by atoms with Crippen LogP contribution in [0, 0.1) is 6.92 Å². The van der Waals surface area contributed by atoms with Crippen molar-refractivity contribution in [3.8, 4) is 5.75 Å². The lowest BCUT2D eigenvalue weighted by molar-refractivity contribution is -0.122. The summed E-state index contributed by atoms with van der Waals surface area (Å²) in [7, 11) is 0. The first-order chi connectivity index (χ1) is 10.1. The van der Waals surface area contributed by atoms with Gasteiger partial charge in [0.1, 0.15) is 5.75 Å². The highest BCUT2D eigenvalue weighted by atomic mass is 35.5. The van der Waals surface area contributed by atoms with Crippen molar-refractivity contribution in [2.45, 2.75) is 13.0 Å². The Kier molecular flexibility index (Phi) is 3.66. The van der Waals surface area contributed by atoms with Crippen molar-refractivity contribution in [1.29, 1.82) is 0 Å². The van der Waals surface area contributed by atoms with E-state index in [9.17, 15) is 4.79 Å². The number of halogens is 1. The molecule has 0 spiro atoms. The summed E-state index contributed by atoms with van der Waals surface area (Å²) in [6.45, 7) is 2.26. The van der Waals surface area contributed by atoms with Crippen LogP contribution in [0.5, 0.6) is 5.75 Å². The van der Waals surface area contributed by atoms with Crippen molar-refractivity contribution >= 4 is 28.9 Å². The molecule has 1 aromatic heterocycles. The molecule has 21 heavy (non-hydrogen) atoms. The first-order valence-corrected chi connectivity index (χ1v) is 6.94. The SMILES string of the molecule is Cc1ccnc(Cl)c1NC(=O)C1CNc2ccccc2O1. The summed E-state index contributed by atoms with van der Waals surface area (Å²) >= 11 is 6.01. The van der Waals surface area contributed by atoms with Gasteiger partial charge < -0.3 is 15.4 Å². The van der Waals surface area contributed by atoms with Crippen LogP contribution in [0.4, 0.5) is 11.4 Å². The Hall–Kier alpha value is -2.27. The summed E-state index contributed by atoms with van der Waals surface area (Å²) in [6.07, 6.45) is 0.984. The monoisotopic (exact) mass is 303 g/mol. The molecule has 2 aromatic rings. The minimum atomic E-state index is -0.615. The van der Waals surface area contributed by atoms with E-state index >= 15 is 0 Å². The smallest absolute Gasteiger partial charge is 0.267 e.